The summed E-state index contributed by atoms with van der Waals surface area (Å²) in [5, 5.41) is 19.5. The van der Waals surface area contributed by atoms with Gasteiger partial charge in [0.1, 0.15) is 10.7 Å². The second kappa shape index (κ2) is 8.79. The maximum Gasteiger partial charge on any atom is 0.100 e. The number of nitrogens with zero attached hydrogens (tertiary/aromatic N) is 2. The second-order valence-electron chi connectivity index (χ2n) is 9.83. The molecule has 0 aliphatic rings. The molecule has 2 aromatic heterocycles. The first-order chi connectivity index (χ1) is 18.5. The zero-order valence-corrected chi connectivity index (χ0v) is 23.3. The summed E-state index contributed by atoms with van der Waals surface area (Å²) in [6.07, 6.45) is 0. The number of fused-ring (bicyclic) bond motifs is 6. The van der Waals surface area contributed by atoms with Crippen LogP contribution in [0.4, 0.5) is 11.4 Å². The highest BCUT2D eigenvalue weighted by Crippen LogP contribution is 2.42. The van der Waals surface area contributed by atoms with Gasteiger partial charge in [0, 0.05) is 51.5 Å². The molecule has 0 atom stereocenters. The number of thiophene rings is 2. The fraction of sp³-hybridized carbons (Fsp3) is 0.125. The molecule has 0 amide bonds. The van der Waals surface area contributed by atoms with Crippen molar-refractivity contribution in [2.75, 3.05) is 10.9 Å². The number of hydrogen-bond acceptors (Lipinski definition) is 6. The third kappa shape index (κ3) is 3.48. The maximum absolute atomic E-state index is 5.01. The Bertz CT molecular complexity index is 1950. The summed E-state index contributed by atoms with van der Waals surface area (Å²) < 4.78 is 2.60. The Morgan fingerprint density at radius 3 is 1.32 bits per heavy atom. The molecule has 2 heterocycles. The van der Waals surface area contributed by atoms with Crippen LogP contribution in [0.3, 0.4) is 0 Å². The number of para-hydroxylation sites is 2. The Hall–Kier alpha value is -4.00. The highest BCUT2D eigenvalue weighted by molar-refractivity contribution is 7.20. The Labute approximate surface area is 228 Å². The minimum absolute atomic E-state index is 0.982. The van der Waals surface area contributed by atoms with Crippen LogP contribution in [0.5, 0.6) is 0 Å². The first-order valence-electron chi connectivity index (χ1n) is 12.7. The van der Waals surface area contributed by atoms with Crippen molar-refractivity contribution < 1.29 is 0 Å². The van der Waals surface area contributed by atoms with Crippen molar-refractivity contribution in [1.82, 2.24) is 0 Å². The summed E-state index contributed by atoms with van der Waals surface area (Å²) in [5.74, 6) is 0. The lowest BCUT2D eigenvalue weighted by molar-refractivity contribution is 1.25. The Balaban J connectivity index is 1.60. The van der Waals surface area contributed by atoms with Gasteiger partial charge in [-0.2, -0.15) is 10.2 Å². The van der Waals surface area contributed by atoms with Gasteiger partial charge in [-0.15, -0.1) is 22.7 Å². The average molecular weight is 531 g/mol. The van der Waals surface area contributed by atoms with E-state index in [0.29, 0.717) is 0 Å². The number of nitrogens with one attached hydrogen (secondary N) is 2. The smallest absolute Gasteiger partial charge is 0.100 e. The van der Waals surface area contributed by atoms with Crippen LogP contribution in [-0.4, -0.2) is 0 Å². The van der Waals surface area contributed by atoms with Crippen LogP contribution >= 0.6 is 22.7 Å². The van der Waals surface area contributed by atoms with E-state index in [-0.39, 0.29) is 0 Å². The molecule has 186 valence electrons. The van der Waals surface area contributed by atoms with Crippen molar-refractivity contribution >= 4 is 75.8 Å². The largest absolute Gasteiger partial charge is 0.278 e. The lowest BCUT2D eigenvalue weighted by Gasteiger charge is -2.07. The molecule has 7 aromatic rings. The van der Waals surface area contributed by atoms with Gasteiger partial charge in [0.2, 0.25) is 0 Å². The molecule has 0 spiro atoms. The van der Waals surface area contributed by atoms with Crippen molar-refractivity contribution in [3.8, 4) is 0 Å². The van der Waals surface area contributed by atoms with E-state index < -0.39 is 0 Å². The van der Waals surface area contributed by atoms with Gasteiger partial charge in [0.25, 0.3) is 0 Å². The van der Waals surface area contributed by atoms with Gasteiger partial charge < -0.3 is 0 Å². The summed E-state index contributed by atoms with van der Waals surface area (Å²) in [5.41, 5.74) is 11.1. The van der Waals surface area contributed by atoms with E-state index in [9.17, 15) is 0 Å². The predicted molar refractivity (Wildman–Crippen MR) is 165 cm³/mol. The van der Waals surface area contributed by atoms with E-state index in [4.69, 9.17) is 10.2 Å². The minimum atomic E-state index is 0.982. The SMILES string of the molecule is Cc1cc2/c(=N/Nc3ccccc3)c3c(C)c4c(c(C)c3c2s1)/c(=N\Nc1ccccc1)c1cc(C)sc14. The molecule has 0 aliphatic heterocycles. The van der Waals surface area contributed by atoms with Crippen molar-refractivity contribution in [2.24, 2.45) is 10.2 Å². The molecular weight excluding hydrogens is 505 g/mol. The minimum Gasteiger partial charge on any atom is -0.278 e. The standard InChI is InChI=1S/C32H26N4S2/c1-17-15-23-29(35-33-21-11-7-5-8-12-21)25-20(4)28-26(19(3)27(25)31(23)37-17)30(24-16-18(2)38-32(24)28)36-34-22-13-9-6-10-14-22/h5-16,33-34H,1-4H3/b35-29-,36-30-. The summed E-state index contributed by atoms with van der Waals surface area (Å²) in [6, 6.07) is 24.9. The molecule has 0 saturated heterocycles. The molecule has 0 saturated carbocycles. The Morgan fingerprint density at radius 1 is 0.526 bits per heavy atom. The van der Waals surface area contributed by atoms with Crippen molar-refractivity contribution in [1.29, 1.82) is 0 Å². The van der Waals surface area contributed by atoms with Crippen molar-refractivity contribution in [2.45, 2.75) is 27.7 Å². The Kier molecular flexibility index (Phi) is 5.35. The van der Waals surface area contributed by atoms with Crippen molar-refractivity contribution in [3.05, 3.63) is 104 Å². The van der Waals surface area contributed by atoms with Gasteiger partial charge in [-0.05, 0) is 75.2 Å². The number of anilines is 2. The van der Waals surface area contributed by atoms with E-state index >= 15 is 0 Å². The molecule has 7 rings (SSSR count). The molecule has 6 heteroatoms. The molecule has 0 fully saturated rings. The topological polar surface area (TPSA) is 48.8 Å². The van der Waals surface area contributed by atoms with Gasteiger partial charge in [-0.3, -0.25) is 10.9 Å². The van der Waals surface area contributed by atoms with Gasteiger partial charge in [-0.1, -0.05) is 36.4 Å². The van der Waals surface area contributed by atoms with Crippen LogP contribution in [0.1, 0.15) is 20.9 Å². The molecule has 38 heavy (non-hydrogen) atoms. The zero-order chi connectivity index (χ0) is 26.0. The molecule has 2 N–H and O–H groups in total. The van der Waals surface area contributed by atoms with E-state index in [1.807, 2.05) is 83.3 Å². The van der Waals surface area contributed by atoms with Crippen LogP contribution in [0.2, 0.25) is 0 Å². The normalized spacial score (nSPS) is 13.1. The fourth-order valence-corrected chi connectivity index (χ4v) is 7.92. The molecule has 0 bridgehead atoms. The van der Waals surface area contributed by atoms with E-state index in [2.05, 4.69) is 50.7 Å². The van der Waals surface area contributed by atoms with Gasteiger partial charge >= 0.3 is 0 Å². The number of aryl methyl sites for hydroxylation is 4. The number of benzene rings is 3. The highest BCUT2D eigenvalue weighted by atomic mass is 32.1. The molecule has 0 radical (unpaired) electrons. The van der Waals surface area contributed by atoms with Crippen LogP contribution in [0.25, 0.3) is 41.7 Å². The zero-order valence-electron chi connectivity index (χ0n) is 21.6. The average Bonchev–Trinajstić information content (AvgIpc) is 3.64. The first-order valence-corrected chi connectivity index (χ1v) is 14.3. The van der Waals surface area contributed by atoms with Crippen LogP contribution in [0, 0.1) is 27.7 Å². The fourth-order valence-electron chi connectivity index (χ4n) is 5.68. The monoisotopic (exact) mass is 530 g/mol. The second-order valence-corrected chi connectivity index (χ2v) is 12.3. The summed E-state index contributed by atoms with van der Waals surface area (Å²) in [6.45, 7) is 8.87. The third-order valence-electron chi connectivity index (χ3n) is 7.29. The lowest BCUT2D eigenvalue weighted by Crippen LogP contribution is -2.07. The Morgan fingerprint density at radius 2 is 0.921 bits per heavy atom. The molecule has 0 aliphatic carbocycles. The lowest BCUT2D eigenvalue weighted by atomic mass is 9.98. The maximum atomic E-state index is 5.01. The molecule has 5 aromatic carbocycles. The van der Waals surface area contributed by atoms with E-state index in [1.54, 1.807) is 0 Å². The van der Waals surface area contributed by atoms with Crippen LogP contribution in [0.15, 0.2) is 83.0 Å². The molecule has 0 unspecified atom stereocenters. The predicted octanol–water partition coefficient (Wildman–Crippen LogP) is 8.39. The van der Waals surface area contributed by atoms with E-state index in [0.717, 1.165) is 22.1 Å². The summed E-state index contributed by atoms with van der Waals surface area (Å²) >= 11 is 3.70. The first kappa shape index (κ1) is 23.1. The van der Waals surface area contributed by atoms with Gasteiger partial charge in [0.15, 0.2) is 0 Å². The van der Waals surface area contributed by atoms with Gasteiger partial charge in [-0.25, -0.2) is 0 Å². The van der Waals surface area contributed by atoms with Crippen molar-refractivity contribution in [3.63, 3.8) is 0 Å². The third-order valence-corrected chi connectivity index (χ3v) is 9.43. The van der Waals surface area contributed by atoms with Crippen LogP contribution in [-0.2, 0) is 0 Å². The highest BCUT2D eigenvalue weighted by Gasteiger charge is 2.23. The van der Waals surface area contributed by atoms with E-state index in [1.165, 1.54) is 62.6 Å². The molecular formula is C32H26N4S2. The number of hydrogen-bond donors (Lipinski definition) is 2. The van der Waals surface area contributed by atoms with Crippen LogP contribution < -0.4 is 21.6 Å². The number of rotatable bonds is 4. The summed E-state index contributed by atoms with van der Waals surface area (Å²) in [7, 11) is 0. The molecule has 4 nitrogen and oxygen atoms in total. The quantitative estimate of drug-likeness (QED) is 0.225. The van der Waals surface area contributed by atoms with Gasteiger partial charge in [0.05, 0.1) is 11.4 Å². The summed E-state index contributed by atoms with van der Waals surface area (Å²) in [4.78, 5) is 2.58.